The third-order valence-electron chi connectivity index (χ3n) is 2.60. The van der Waals surface area contributed by atoms with E-state index in [-0.39, 0.29) is 12.4 Å². The summed E-state index contributed by atoms with van der Waals surface area (Å²) in [6.07, 6.45) is -0.762. The molecule has 1 aliphatic rings. The number of hydrogen-bond acceptors (Lipinski definition) is 7. The van der Waals surface area contributed by atoms with Crippen LogP contribution in [0.5, 0.6) is 0 Å². The third kappa shape index (κ3) is 2.04. The van der Waals surface area contributed by atoms with Crippen LogP contribution >= 0.6 is 0 Å². The highest BCUT2D eigenvalue weighted by Gasteiger charge is 2.43. The molecule has 0 spiro atoms. The molecule has 2 radical (unpaired) electrons. The van der Waals surface area contributed by atoms with Gasteiger partial charge in [-0.2, -0.15) is 4.98 Å². The molecular weight excluding hydrogens is 227 g/mol. The maximum absolute atomic E-state index is 11.6. The van der Waals surface area contributed by atoms with E-state index in [9.17, 15) is 9.90 Å². The molecule has 8 nitrogen and oxygen atoms in total. The lowest BCUT2D eigenvalue weighted by Gasteiger charge is -2.26. The number of ether oxygens (including phenoxy) is 1. The summed E-state index contributed by atoms with van der Waals surface area (Å²) in [6, 6.07) is 0. The number of rotatable bonds is 2. The van der Waals surface area contributed by atoms with Crippen LogP contribution in [0.4, 0.5) is 5.95 Å². The van der Waals surface area contributed by atoms with E-state index in [1.807, 2.05) is 0 Å². The minimum atomic E-state index is -1.57. The lowest BCUT2D eigenvalue weighted by Crippen LogP contribution is -2.43. The zero-order valence-corrected chi connectivity index (χ0v) is 8.85. The second kappa shape index (κ2) is 4.10. The van der Waals surface area contributed by atoms with Gasteiger partial charge in [0.25, 0.3) is 0 Å². The van der Waals surface area contributed by atoms with Crippen molar-refractivity contribution < 1.29 is 14.9 Å². The number of nitrogen functional groups attached to an aromatic ring is 1. The van der Waals surface area contributed by atoms with Gasteiger partial charge in [0.1, 0.15) is 25.9 Å². The zero-order valence-electron chi connectivity index (χ0n) is 8.85. The van der Waals surface area contributed by atoms with Crippen LogP contribution in [-0.4, -0.2) is 51.4 Å². The minimum absolute atomic E-state index is 0.0502. The first-order chi connectivity index (χ1) is 7.96. The van der Waals surface area contributed by atoms with Crippen molar-refractivity contribution in [1.29, 1.82) is 0 Å². The van der Waals surface area contributed by atoms with Crippen LogP contribution in [0.25, 0.3) is 0 Å². The van der Waals surface area contributed by atoms with Gasteiger partial charge in [0.2, 0.25) is 5.95 Å². The van der Waals surface area contributed by atoms with Crippen LogP contribution in [0.15, 0.2) is 11.1 Å². The summed E-state index contributed by atoms with van der Waals surface area (Å²) in [5.74, 6) is -0.174. The fourth-order valence-electron chi connectivity index (χ4n) is 1.74. The molecule has 0 aromatic carbocycles. The summed E-state index contributed by atoms with van der Waals surface area (Å²) in [4.78, 5) is 18.6. The van der Waals surface area contributed by atoms with Gasteiger partial charge in [-0.05, 0) is 0 Å². The highest BCUT2D eigenvalue weighted by molar-refractivity contribution is 6.12. The van der Waals surface area contributed by atoms with Crippen molar-refractivity contribution in [2.24, 2.45) is 0 Å². The molecule has 1 aliphatic heterocycles. The third-order valence-corrected chi connectivity index (χ3v) is 2.60. The molecule has 1 aromatic rings. The number of nitrogens with two attached hydrogens (primary N) is 1. The molecule has 9 heteroatoms. The maximum Gasteiger partial charge on any atom is 0.353 e. The largest absolute Gasteiger partial charge is 0.394 e. The highest BCUT2D eigenvalue weighted by Crippen LogP contribution is 2.30. The molecular formula is C8H11BN4O4. The van der Waals surface area contributed by atoms with Gasteiger partial charge in [-0.15, -0.1) is 0 Å². The van der Waals surface area contributed by atoms with E-state index in [0.29, 0.717) is 0 Å². The van der Waals surface area contributed by atoms with Gasteiger partial charge in [-0.3, -0.25) is 4.57 Å². The maximum atomic E-state index is 11.6. The lowest BCUT2D eigenvalue weighted by atomic mass is 9.87. The van der Waals surface area contributed by atoms with Gasteiger partial charge in [-0.25, -0.2) is 9.78 Å². The molecule has 0 amide bonds. The number of aliphatic hydroxyl groups excluding tert-OH is 2. The molecule has 1 aromatic heterocycles. The van der Waals surface area contributed by atoms with Crippen molar-refractivity contribution in [3.63, 3.8) is 0 Å². The molecule has 0 aliphatic carbocycles. The standard InChI is InChI=1S/C8H11BN4O4/c9-8(1-4(15)5(2-14)17-8)13-3-11-6(10)12-7(13)16/h3-5,14-15H,1-2H2,(H2,10,12,16)/t4-,5-,8?/m1/s1. The smallest absolute Gasteiger partial charge is 0.353 e. The monoisotopic (exact) mass is 238 g/mol. The first kappa shape index (κ1) is 12.0. The first-order valence-corrected chi connectivity index (χ1v) is 4.93. The molecule has 1 saturated heterocycles. The second-order valence-electron chi connectivity index (χ2n) is 3.82. The van der Waals surface area contributed by atoms with Crippen molar-refractivity contribution in [1.82, 2.24) is 14.5 Å². The van der Waals surface area contributed by atoms with Crippen molar-refractivity contribution in [3.05, 3.63) is 16.8 Å². The fourth-order valence-corrected chi connectivity index (χ4v) is 1.74. The van der Waals surface area contributed by atoms with E-state index < -0.39 is 30.1 Å². The van der Waals surface area contributed by atoms with Crippen molar-refractivity contribution in [2.45, 2.75) is 24.3 Å². The number of aromatic nitrogens is 3. The topological polar surface area (TPSA) is 123 Å². The van der Waals surface area contributed by atoms with Gasteiger partial charge in [0.05, 0.1) is 12.7 Å². The molecule has 1 unspecified atom stereocenters. The number of aliphatic hydroxyl groups is 2. The van der Waals surface area contributed by atoms with Crippen molar-refractivity contribution in [3.8, 4) is 0 Å². The molecule has 4 N–H and O–H groups in total. The van der Waals surface area contributed by atoms with E-state index >= 15 is 0 Å². The molecule has 17 heavy (non-hydrogen) atoms. The summed E-state index contributed by atoms with van der Waals surface area (Å²) >= 11 is 0. The van der Waals surface area contributed by atoms with Gasteiger partial charge >= 0.3 is 5.69 Å². The van der Waals surface area contributed by atoms with E-state index in [2.05, 4.69) is 9.97 Å². The Kier molecular flexibility index (Phi) is 2.90. The predicted octanol–water partition coefficient (Wildman–Crippen LogP) is -2.86. The molecule has 0 saturated carbocycles. The Balaban J connectivity index is 2.37. The molecule has 3 atom stereocenters. The average Bonchev–Trinajstić information content (AvgIpc) is 2.54. The van der Waals surface area contributed by atoms with Gasteiger partial charge in [0.15, 0.2) is 0 Å². The summed E-state index contributed by atoms with van der Waals surface area (Å²) in [7, 11) is 5.84. The average molecular weight is 238 g/mol. The molecule has 2 heterocycles. The second-order valence-corrected chi connectivity index (χ2v) is 3.82. The number of hydrogen-bond donors (Lipinski definition) is 3. The molecule has 0 bridgehead atoms. The van der Waals surface area contributed by atoms with Crippen molar-refractivity contribution >= 4 is 13.8 Å². The predicted molar refractivity (Wildman–Crippen MR) is 57.0 cm³/mol. The van der Waals surface area contributed by atoms with Crippen LogP contribution in [0.1, 0.15) is 6.42 Å². The van der Waals surface area contributed by atoms with Crippen LogP contribution in [0.3, 0.4) is 0 Å². The normalized spacial score (nSPS) is 32.8. The Morgan fingerprint density at radius 2 is 2.47 bits per heavy atom. The highest BCUT2D eigenvalue weighted by atomic mass is 16.6. The summed E-state index contributed by atoms with van der Waals surface area (Å²) in [5, 5.41) is 18.5. The molecule has 90 valence electrons. The fraction of sp³-hybridized carbons (Fsp3) is 0.625. The van der Waals surface area contributed by atoms with Crippen LogP contribution in [0, 0.1) is 0 Å². The molecule has 2 rings (SSSR count). The van der Waals surface area contributed by atoms with Gasteiger partial charge in [-0.1, -0.05) is 0 Å². The van der Waals surface area contributed by atoms with Crippen LogP contribution in [0.2, 0.25) is 0 Å². The lowest BCUT2D eigenvalue weighted by molar-refractivity contribution is -0.0700. The zero-order chi connectivity index (χ0) is 12.6. The minimum Gasteiger partial charge on any atom is -0.394 e. The Bertz CT molecular complexity index is 481. The Morgan fingerprint density at radius 1 is 1.76 bits per heavy atom. The summed E-state index contributed by atoms with van der Waals surface area (Å²) in [6.45, 7) is -0.398. The van der Waals surface area contributed by atoms with E-state index in [0.717, 1.165) is 10.9 Å². The van der Waals surface area contributed by atoms with Gasteiger partial charge < -0.3 is 20.7 Å². The van der Waals surface area contributed by atoms with Crippen LogP contribution in [-0.2, 0) is 10.4 Å². The summed E-state index contributed by atoms with van der Waals surface area (Å²) in [5.41, 5.74) is 2.94. The van der Waals surface area contributed by atoms with Crippen molar-refractivity contribution in [2.75, 3.05) is 12.3 Å². The number of nitrogens with zero attached hydrogens (tertiary/aromatic N) is 3. The number of anilines is 1. The van der Waals surface area contributed by atoms with E-state index in [1.54, 1.807) is 0 Å². The quantitative estimate of drug-likeness (QED) is 0.473. The van der Waals surface area contributed by atoms with Crippen LogP contribution < -0.4 is 11.4 Å². The molecule has 1 fully saturated rings. The van der Waals surface area contributed by atoms with E-state index in [1.165, 1.54) is 0 Å². The Morgan fingerprint density at radius 3 is 3.00 bits per heavy atom. The van der Waals surface area contributed by atoms with Gasteiger partial charge in [0, 0.05) is 6.42 Å². The Labute approximate surface area is 97.5 Å². The van der Waals surface area contributed by atoms with E-state index in [4.69, 9.17) is 23.4 Å². The Hall–Kier alpha value is -1.45. The SMILES string of the molecule is [B]C1(n2cnc(N)nc2=O)C[C@@H](O)[C@@H](CO)O1. The summed E-state index contributed by atoms with van der Waals surface area (Å²) < 4.78 is 6.17. The first-order valence-electron chi connectivity index (χ1n) is 4.93.